The van der Waals surface area contributed by atoms with E-state index in [9.17, 15) is 14.4 Å². The maximum Gasteiger partial charge on any atom is 0.335 e. The second kappa shape index (κ2) is 4.17. The van der Waals surface area contributed by atoms with Gasteiger partial charge in [0.05, 0.1) is 5.56 Å². The first-order chi connectivity index (χ1) is 8.15. The van der Waals surface area contributed by atoms with Gasteiger partial charge in [0.1, 0.15) is 0 Å². The van der Waals surface area contributed by atoms with Crippen LogP contribution >= 0.6 is 0 Å². The van der Waals surface area contributed by atoms with E-state index in [1.54, 1.807) is 12.1 Å². The first-order valence-corrected chi connectivity index (χ1v) is 4.87. The molecule has 0 aliphatic heterocycles. The van der Waals surface area contributed by atoms with Gasteiger partial charge < -0.3 is 5.11 Å². The Labute approximate surface area is 96.5 Å². The molecule has 1 N–H and O–H groups in total. The molecule has 0 amide bonds. The van der Waals surface area contributed by atoms with E-state index in [0.29, 0.717) is 23.5 Å². The number of aromatic carboxylic acids is 1. The molecule has 2 aromatic carbocycles. The van der Waals surface area contributed by atoms with Gasteiger partial charge in [-0.3, -0.25) is 9.59 Å². The molecule has 2 aromatic rings. The van der Waals surface area contributed by atoms with Crippen LogP contribution in [0.1, 0.15) is 31.1 Å². The van der Waals surface area contributed by atoms with Crippen LogP contribution in [0.3, 0.4) is 0 Å². The summed E-state index contributed by atoms with van der Waals surface area (Å²) >= 11 is 0. The average Bonchev–Trinajstić information content (AvgIpc) is 2.36. The number of carboxylic acids is 1. The smallest absolute Gasteiger partial charge is 0.335 e. The maximum atomic E-state index is 10.8. The number of hydrogen-bond donors (Lipinski definition) is 1. The Morgan fingerprint density at radius 3 is 2.06 bits per heavy atom. The summed E-state index contributed by atoms with van der Waals surface area (Å²) in [4.78, 5) is 32.3. The molecule has 4 heteroatoms. The fraction of sp³-hybridized carbons (Fsp3) is 0. The minimum atomic E-state index is -1.03. The van der Waals surface area contributed by atoms with E-state index in [2.05, 4.69) is 0 Å². The second-order valence-electron chi connectivity index (χ2n) is 3.58. The van der Waals surface area contributed by atoms with Crippen molar-refractivity contribution in [1.29, 1.82) is 0 Å². The molecule has 0 aliphatic carbocycles. The largest absolute Gasteiger partial charge is 0.478 e. The summed E-state index contributed by atoms with van der Waals surface area (Å²) in [7, 11) is 0. The molecule has 0 unspecified atom stereocenters. The van der Waals surface area contributed by atoms with Gasteiger partial charge >= 0.3 is 5.97 Å². The molecule has 0 aromatic heterocycles. The van der Waals surface area contributed by atoms with Gasteiger partial charge in [-0.15, -0.1) is 0 Å². The Hall–Kier alpha value is -2.49. The van der Waals surface area contributed by atoms with E-state index in [0.717, 1.165) is 5.39 Å². The van der Waals surface area contributed by atoms with Crippen molar-refractivity contribution in [1.82, 2.24) is 0 Å². The zero-order valence-electron chi connectivity index (χ0n) is 8.71. The highest BCUT2D eigenvalue weighted by atomic mass is 16.4. The highest BCUT2D eigenvalue weighted by Crippen LogP contribution is 2.20. The van der Waals surface area contributed by atoms with Crippen LogP contribution in [0.25, 0.3) is 10.8 Å². The lowest BCUT2D eigenvalue weighted by atomic mass is 10.0. The molecule has 0 radical (unpaired) electrons. The third kappa shape index (κ3) is 1.92. The molecule has 2 rings (SSSR count). The van der Waals surface area contributed by atoms with E-state index < -0.39 is 5.97 Å². The van der Waals surface area contributed by atoms with Crippen LogP contribution in [0.5, 0.6) is 0 Å². The van der Waals surface area contributed by atoms with Crippen LogP contribution in [0.2, 0.25) is 0 Å². The first-order valence-electron chi connectivity index (χ1n) is 4.87. The van der Waals surface area contributed by atoms with Gasteiger partial charge in [0.15, 0.2) is 12.6 Å². The van der Waals surface area contributed by atoms with Crippen molar-refractivity contribution in [2.24, 2.45) is 0 Å². The molecule has 84 valence electrons. The predicted octanol–water partition coefficient (Wildman–Crippen LogP) is 2.16. The molecule has 0 aliphatic rings. The van der Waals surface area contributed by atoms with Crippen LogP contribution in [-0.4, -0.2) is 23.6 Å². The fourth-order valence-electron chi connectivity index (χ4n) is 1.67. The van der Waals surface area contributed by atoms with Gasteiger partial charge in [0.2, 0.25) is 0 Å². The molecule has 17 heavy (non-hydrogen) atoms. The van der Waals surface area contributed by atoms with E-state index in [4.69, 9.17) is 5.11 Å². The molecular weight excluding hydrogens is 220 g/mol. The minimum absolute atomic E-state index is 0.146. The molecule has 0 saturated heterocycles. The number of aldehydes is 2. The standard InChI is InChI=1S/C13H8O4/c14-6-11-3-8-1-2-9(13(16)17)4-10(8)5-12(11)7-15/h1-7H,(H,16,17). The summed E-state index contributed by atoms with van der Waals surface area (Å²) in [5.74, 6) is -1.03. The number of hydrogen-bond acceptors (Lipinski definition) is 3. The number of carbonyl (C=O) groups excluding carboxylic acids is 2. The summed E-state index contributed by atoms with van der Waals surface area (Å²) in [5, 5.41) is 10.2. The van der Waals surface area contributed by atoms with E-state index in [-0.39, 0.29) is 11.1 Å². The van der Waals surface area contributed by atoms with Gasteiger partial charge in [-0.1, -0.05) is 6.07 Å². The van der Waals surface area contributed by atoms with Crippen molar-refractivity contribution in [2.45, 2.75) is 0 Å². The van der Waals surface area contributed by atoms with Crippen molar-refractivity contribution in [3.63, 3.8) is 0 Å². The highest BCUT2D eigenvalue weighted by molar-refractivity contribution is 6.00. The van der Waals surface area contributed by atoms with Crippen molar-refractivity contribution in [2.75, 3.05) is 0 Å². The first kappa shape index (κ1) is 11.0. The Kier molecular flexibility index (Phi) is 2.70. The van der Waals surface area contributed by atoms with E-state index >= 15 is 0 Å². The van der Waals surface area contributed by atoms with E-state index in [1.807, 2.05) is 0 Å². The molecule has 0 atom stereocenters. The quantitative estimate of drug-likeness (QED) is 0.817. The molecule has 0 spiro atoms. The van der Waals surface area contributed by atoms with E-state index in [1.165, 1.54) is 18.2 Å². The maximum absolute atomic E-state index is 10.8. The zero-order valence-corrected chi connectivity index (χ0v) is 8.71. The van der Waals surface area contributed by atoms with Crippen LogP contribution in [0.4, 0.5) is 0 Å². The minimum Gasteiger partial charge on any atom is -0.478 e. The Morgan fingerprint density at radius 1 is 0.941 bits per heavy atom. The van der Waals surface area contributed by atoms with Crippen molar-refractivity contribution < 1.29 is 19.5 Å². The van der Waals surface area contributed by atoms with Gasteiger partial charge in [-0.05, 0) is 35.0 Å². The number of carboxylic acid groups (broad SMARTS) is 1. The summed E-state index contributed by atoms with van der Waals surface area (Å²) in [6.45, 7) is 0. The van der Waals surface area contributed by atoms with Crippen molar-refractivity contribution >= 4 is 29.3 Å². The lowest BCUT2D eigenvalue weighted by Crippen LogP contribution is -1.96. The van der Waals surface area contributed by atoms with Gasteiger partial charge in [-0.25, -0.2) is 4.79 Å². The summed E-state index contributed by atoms with van der Waals surface area (Å²) in [6, 6.07) is 7.62. The monoisotopic (exact) mass is 228 g/mol. The predicted molar refractivity (Wildman–Crippen MR) is 61.7 cm³/mol. The SMILES string of the molecule is O=Cc1cc2ccc(C(=O)O)cc2cc1C=O. The van der Waals surface area contributed by atoms with Gasteiger partial charge in [0, 0.05) is 11.1 Å². The fourth-order valence-corrected chi connectivity index (χ4v) is 1.67. The molecule has 0 bridgehead atoms. The Bertz CT molecular complexity index is 629. The van der Waals surface area contributed by atoms with Crippen LogP contribution in [0.15, 0.2) is 30.3 Å². The number of fused-ring (bicyclic) bond motifs is 1. The molecule has 0 saturated carbocycles. The topological polar surface area (TPSA) is 71.4 Å². The second-order valence-corrected chi connectivity index (χ2v) is 3.58. The lowest BCUT2D eigenvalue weighted by molar-refractivity contribution is 0.0696. The molecular formula is C13H8O4. The lowest BCUT2D eigenvalue weighted by Gasteiger charge is -2.03. The summed E-state index contributed by atoms with van der Waals surface area (Å²) < 4.78 is 0. The number of carbonyl (C=O) groups is 3. The summed E-state index contributed by atoms with van der Waals surface area (Å²) in [6.07, 6.45) is 1.19. The molecule has 0 heterocycles. The zero-order chi connectivity index (χ0) is 12.4. The third-order valence-electron chi connectivity index (χ3n) is 2.54. The molecule has 0 fully saturated rings. The highest BCUT2D eigenvalue weighted by Gasteiger charge is 2.07. The van der Waals surface area contributed by atoms with Gasteiger partial charge in [-0.2, -0.15) is 0 Å². The number of benzene rings is 2. The van der Waals surface area contributed by atoms with Crippen LogP contribution in [0, 0.1) is 0 Å². The van der Waals surface area contributed by atoms with Crippen LogP contribution in [-0.2, 0) is 0 Å². The average molecular weight is 228 g/mol. The summed E-state index contributed by atoms with van der Waals surface area (Å²) in [5.41, 5.74) is 0.707. The van der Waals surface area contributed by atoms with Gasteiger partial charge in [0.25, 0.3) is 0 Å². The number of rotatable bonds is 3. The Balaban J connectivity index is 2.74. The normalized spacial score (nSPS) is 10.1. The third-order valence-corrected chi connectivity index (χ3v) is 2.54. The molecule has 4 nitrogen and oxygen atoms in total. The van der Waals surface area contributed by atoms with Crippen molar-refractivity contribution in [3.05, 3.63) is 47.0 Å². The Morgan fingerprint density at radius 2 is 1.53 bits per heavy atom. The van der Waals surface area contributed by atoms with Crippen molar-refractivity contribution in [3.8, 4) is 0 Å². The van der Waals surface area contributed by atoms with Crippen LogP contribution < -0.4 is 0 Å².